The van der Waals surface area contributed by atoms with Crippen LogP contribution in [0.4, 0.5) is 14.5 Å². The van der Waals surface area contributed by atoms with Gasteiger partial charge >= 0.3 is 5.97 Å². The molecule has 3 N–H and O–H groups in total. The first kappa shape index (κ1) is 20.7. The zero-order valence-electron chi connectivity index (χ0n) is 12.1. The SMILES string of the molecule is CN(CC(=O)NCC(=O)O)CC(=O)Nc1cc(F)cc(F)c1.Cl. The lowest BCUT2D eigenvalue weighted by Crippen LogP contribution is -2.40. The highest BCUT2D eigenvalue weighted by Crippen LogP contribution is 2.12. The van der Waals surface area contributed by atoms with Gasteiger partial charge in [0.15, 0.2) is 0 Å². The smallest absolute Gasteiger partial charge is 0.322 e. The molecule has 0 aromatic heterocycles. The number of likely N-dealkylation sites (N-methyl/N-ethyl adjacent to an activating group) is 1. The Bertz CT molecular complexity index is 566. The van der Waals surface area contributed by atoms with Crippen molar-refractivity contribution in [1.82, 2.24) is 10.2 Å². The summed E-state index contributed by atoms with van der Waals surface area (Å²) in [4.78, 5) is 34.6. The number of amides is 2. The third kappa shape index (κ3) is 8.69. The van der Waals surface area contributed by atoms with Crippen LogP contribution in [-0.4, -0.2) is 54.5 Å². The first-order valence-corrected chi connectivity index (χ1v) is 6.19. The third-order valence-corrected chi connectivity index (χ3v) is 2.41. The Kier molecular flexibility index (Phi) is 8.74. The molecule has 0 saturated heterocycles. The number of carboxylic acids is 1. The van der Waals surface area contributed by atoms with Crippen LogP contribution in [-0.2, 0) is 14.4 Å². The number of hydrogen-bond donors (Lipinski definition) is 3. The Morgan fingerprint density at radius 3 is 2.13 bits per heavy atom. The summed E-state index contributed by atoms with van der Waals surface area (Å²) in [7, 11) is 1.46. The van der Waals surface area contributed by atoms with E-state index in [2.05, 4.69) is 10.6 Å². The van der Waals surface area contributed by atoms with Crippen molar-refractivity contribution in [1.29, 1.82) is 0 Å². The molecule has 0 bridgehead atoms. The van der Waals surface area contributed by atoms with Gasteiger partial charge in [0.05, 0.1) is 13.1 Å². The van der Waals surface area contributed by atoms with Gasteiger partial charge < -0.3 is 15.7 Å². The molecular formula is C13H16ClF2N3O4. The molecule has 0 spiro atoms. The minimum absolute atomic E-state index is 0. The van der Waals surface area contributed by atoms with E-state index in [0.29, 0.717) is 6.07 Å². The number of halogens is 3. The first-order chi connectivity index (χ1) is 10.3. The molecule has 0 aliphatic rings. The van der Waals surface area contributed by atoms with Crippen LogP contribution in [0.25, 0.3) is 0 Å². The van der Waals surface area contributed by atoms with E-state index in [4.69, 9.17) is 5.11 Å². The molecule has 0 fully saturated rings. The minimum Gasteiger partial charge on any atom is -0.480 e. The topological polar surface area (TPSA) is 98.7 Å². The molecule has 2 amide bonds. The van der Waals surface area contributed by atoms with Crippen molar-refractivity contribution in [3.8, 4) is 0 Å². The summed E-state index contributed by atoms with van der Waals surface area (Å²) >= 11 is 0. The van der Waals surface area contributed by atoms with E-state index in [1.165, 1.54) is 11.9 Å². The lowest BCUT2D eigenvalue weighted by Gasteiger charge is -2.15. The van der Waals surface area contributed by atoms with Crippen molar-refractivity contribution in [3.05, 3.63) is 29.8 Å². The molecule has 10 heteroatoms. The van der Waals surface area contributed by atoms with Gasteiger partial charge in [-0.05, 0) is 19.2 Å². The van der Waals surface area contributed by atoms with Crippen molar-refractivity contribution < 1.29 is 28.3 Å². The molecule has 0 unspecified atom stereocenters. The number of nitrogens with one attached hydrogen (secondary N) is 2. The molecule has 1 aromatic carbocycles. The molecule has 0 heterocycles. The van der Waals surface area contributed by atoms with Gasteiger partial charge in [0.1, 0.15) is 18.2 Å². The molecule has 0 radical (unpaired) electrons. The van der Waals surface area contributed by atoms with Gasteiger partial charge in [-0.15, -0.1) is 12.4 Å². The van der Waals surface area contributed by atoms with E-state index >= 15 is 0 Å². The van der Waals surface area contributed by atoms with Crippen molar-refractivity contribution >= 4 is 35.9 Å². The second kappa shape index (κ2) is 9.70. The first-order valence-electron chi connectivity index (χ1n) is 6.19. The predicted octanol–water partition coefficient (Wildman–Crippen LogP) is 0.458. The van der Waals surface area contributed by atoms with Gasteiger partial charge in [-0.1, -0.05) is 0 Å². The van der Waals surface area contributed by atoms with E-state index < -0.39 is 36.0 Å². The largest absolute Gasteiger partial charge is 0.480 e. The fraction of sp³-hybridized carbons (Fsp3) is 0.308. The number of carboxylic acid groups (broad SMARTS) is 1. The zero-order valence-corrected chi connectivity index (χ0v) is 13.0. The number of carbonyl (C=O) groups excluding carboxylic acids is 2. The summed E-state index contributed by atoms with van der Waals surface area (Å²) in [6.45, 7) is -0.918. The normalized spacial score (nSPS) is 9.91. The van der Waals surface area contributed by atoms with Gasteiger partial charge in [-0.25, -0.2) is 8.78 Å². The summed E-state index contributed by atoms with van der Waals surface area (Å²) in [5, 5.41) is 12.8. The minimum atomic E-state index is -1.18. The van der Waals surface area contributed by atoms with Crippen LogP contribution in [0.5, 0.6) is 0 Å². The number of hydrogen-bond acceptors (Lipinski definition) is 4. The summed E-state index contributed by atoms with van der Waals surface area (Å²) in [5.41, 5.74) is -0.0359. The lowest BCUT2D eigenvalue weighted by atomic mass is 10.3. The quantitative estimate of drug-likeness (QED) is 0.663. The second-order valence-electron chi connectivity index (χ2n) is 4.55. The van der Waals surface area contributed by atoms with Gasteiger partial charge in [0.2, 0.25) is 11.8 Å². The zero-order chi connectivity index (χ0) is 16.7. The summed E-state index contributed by atoms with van der Waals surface area (Å²) in [6.07, 6.45) is 0. The van der Waals surface area contributed by atoms with Crippen LogP contribution in [0.3, 0.4) is 0 Å². The van der Waals surface area contributed by atoms with Crippen LogP contribution in [0.2, 0.25) is 0 Å². The molecule has 1 rings (SSSR count). The van der Waals surface area contributed by atoms with Crippen molar-refractivity contribution in [2.45, 2.75) is 0 Å². The Labute approximate surface area is 137 Å². The molecule has 0 aliphatic carbocycles. The molecule has 0 aliphatic heterocycles. The van der Waals surface area contributed by atoms with Gasteiger partial charge in [-0.2, -0.15) is 0 Å². The Morgan fingerprint density at radius 1 is 1.09 bits per heavy atom. The van der Waals surface area contributed by atoms with Crippen LogP contribution in [0.15, 0.2) is 18.2 Å². The van der Waals surface area contributed by atoms with Crippen LogP contribution in [0, 0.1) is 11.6 Å². The Balaban J connectivity index is 0.00000484. The molecule has 0 atom stereocenters. The maximum absolute atomic E-state index is 13.0. The summed E-state index contributed by atoms with van der Waals surface area (Å²) in [5.74, 6) is -3.96. The van der Waals surface area contributed by atoms with E-state index in [-0.39, 0.29) is 31.2 Å². The van der Waals surface area contributed by atoms with E-state index in [1.54, 1.807) is 0 Å². The second-order valence-corrected chi connectivity index (χ2v) is 4.55. The molecule has 7 nitrogen and oxygen atoms in total. The van der Waals surface area contributed by atoms with Gasteiger partial charge in [0, 0.05) is 11.8 Å². The molecule has 1 aromatic rings. The number of rotatable bonds is 7. The number of anilines is 1. The monoisotopic (exact) mass is 351 g/mol. The van der Waals surface area contributed by atoms with Gasteiger partial charge in [-0.3, -0.25) is 19.3 Å². The van der Waals surface area contributed by atoms with E-state index in [1.807, 2.05) is 0 Å². The number of nitrogens with zero attached hydrogens (tertiary/aromatic N) is 1. The Morgan fingerprint density at radius 2 is 1.61 bits per heavy atom. The average Bonchev–Trinajstić information content (AvgIpc) is 2.34. The maximum atomic E-state index is 13.0. The van der Waals surface area contributed by atoms with Crippen LogP contribution in [0.1, 0.15) is 0 Å². The highest BCUT2D eigenvalue weighted by Gasteiger charge is 2.12. The predicted molar refractivity (Wildman–Crippen MR) is 80.4 cm³/mol. The maximum Gasteiger partial charge on any atom is 0.322 e. The fourth-order valence-electron chi connectivity index (χ4n) is 1.60. The van der Waals surface area contributed by atoms with Crippen LogP contribution >= 0.6 is 12.4 Å². The van der Waals surface area contributed by atoms with Crippen molar-refractivity contribution in [3.63, 3.8) is 0 Å². The van der Waals surface area contributed by atoms with Gasteiger partial charge in [0.25, 0.3) is 0 Å². The number of carbonyl (C=O) groups is 3. The summed E-state index contributed by atoms with van der Waals surface area (Å²) in [6, 6.07) is 2.59. The van der Waals surface area contributed by atoms with E-state index in [9.17, 15) is 23.2 Å². The lowest BCUT2D eigenvalue weighted by molar-refractivity contribution is -0.138. The highest BCUT2D eigenvalue weighted by molar-refractivity contribution is 5.92. The summed E-state index contributed by atoms with van der Waals surface area (Å²) < 4.78 is 25.9. The highest BCUT2D eigenvalue weighted by atomic mass is 35.5. The standard InChI is InChI=1S/C13H15F2N3O4.ClH/c1-18(6-11(19)16-5-13(21)22)7-12(20)17-10-3-8(14)2-9(15)4-10;/h2-4H,5-7H2,1H3,(H,16,19)(H,17,20)(H,21,22);1H. The van der Waals surface area contributed by atoms with E-state index in [0.717, 1.165) is 12.1 Å². The molecule has 128 valence electrons. The molecule has 23 heavy (non-hydrogen) atoms. The van der Waals surface area contributed by atoms with Crippen LogP contribution < -0.4 is 10.6 Å². The number of aliphatic carboxylic acids is 1. The Hall–Kier alpha value is -2.26. The number of benzene rings is 1. The van der Waals surface area contributed by atoms with Crippen molar-refractivity contribution in [2.24, 2.45) is 0 Å². The molecular weight excluding hydrogens is 336 g/mol. The van der Waals surface area contributed by atoms with Crippen molar-refractivity contribution in [2.75, 3.05) is 32.0 Å². The molecule has 0 saturated carbocycles. The average molecular weight is 352 g/mol. The fourth-order valence-corrected chi connectivity index (χ4v) is 1.60. The third-order valence-electron chi connectivity index (χ3n) is 2.41.